The summed E-state index contributed by atoms with van der Waals surface area (Å²) in [4.78, 5) is 19.2. The lowest BCUT2D eigenvalue weighted by atomic mass is 9.96. The molecule has 1 amide bonds. The number of hydrogen-bond acceptors (Lipinski definition) is 2. The summed E-state index contributed by atoms with van der Waals surface area (Å²) in [6.45, 7) is 0. The van der Waals surface area contributed by atoms with Gasteiger partial charge in [-0.15, -0.1) is 0 Å². The van der Waals surface area contributed by atoms with Crippen LogP contribution < -0.4 is 11.1 Å². The van der Waals surface area contributed by atoms with Gasteiger partial charge in [0, 0.05) is 0 Å². The Hall–Kier alpha value is -2.24. The van der Waals surface area contributed by atoms with Crippen molar-refractivity contribution in [3.05, 3.63) is 24.3 Å². The number of fused-ring (bicyclic) bond motifs is 1. The topological polar surface area (TPSA) is 104 Å². The molecule has 2 rings (SSSR count). The van der Waals surface area contributed by atoms with Crippen molar-refractivity contribution in [2.45, 2.75) is 0 Å². The van der Waals surface area contributed by atoms with Gasteiger partial charge in [0.15, 0.2) is 0 Å². The van der Waals surface area contributed by atoms with Crippen molar-refractivity contribution in [1.82, 2.24) is 5.32 Å². The molecular formula is C9H9N5O. The minimum Gasteiger partial charge on any atom is -0.368 e. The summed E-state index contributed by atoms with van der Waals surface area (Å²) in [5.41, 5.74) is 5.69. The minimum atomic E-state index is -0.386. The third-order valence-corrected chi connectivity index (χ3v) is 1.98. The maximum absolute atomic E-state index is 11.6. The van der Waals surface area contributed by atoms with Gasteiger partial charge in [-0.1, -0.05) is 18.2 Å². The van der Waals surface area contributed by atoms with Crippen molar-refractivity contribution in [1.29, 1.82) is 5.41 Å². The zero-order chi connectivity index (χ0) is 10.8. The number of hydrogen-bond donors (Lipinski definition) is 3. The van der Waals surface area contributed by atoms with Crippen molar-refractivity contribution < 1.29 is 4.79 Å². The molecule has 0 aromatic heterocycles. The molecule has 6 nitrogen and oxygen atoms in total. The second-order valence-electron chi connectivity index (χ2n) is 3.07. The van der Waals surface area contributed by atoms with Gasteiger partial charge in [0.1, 0.15) is 0 Å². The van der Waals surface area contributed by atoms with Crippen LogP contribution in [0.1, 0.15) is 0 Å². The Kier molecular flexibility index (Phi) is 2.17. The Morgan fingerprint density at radius 3 is 3.13 bits per heavy atom. The van der Waals surface area contributed by atoms with E-state index in [-0.39, 0.29) is 23.7 Å². The highest BCUT2D eigenvalue weighted by molar-refractivity contribution is 6.23. The van der Waals surface area contributed by atoms with E-state index in [1.165, 1.54) is 0 Å². The summed E-state index contributed by atoms with van der Waals surface area (Å²) in [6, 6.07) is 0. The Morgan fingerprint density at radius 2 is 2.40 bits per heavy atom. The summed E-state index contributed by atoms with van der Waals surface area (Å²) in [5, 5.41) is 9.43. The fourth-order valence-corrected chi connectivity index (χ4v) is 1.37. The van der Waals surface area contributed by atoms with Gasteiger partial charge in [0.2, 0.25) is 17.8 Å². The smallest absolute Gasteiger partial charge is 0.239 e. The molecule has 0 aromatic rings. The summed E-state index contributed by atoms with van der Waals surface area (Å²) >= 11 is 0. The number of nitrogens with zero attached hydrogens (tertiary/aromatic N) is 2. The lowest BCUT2D eigenvalue weighted by molar-refractivity contribution is -0.120. The molecular weight excluding hydrogens is 194 g/mol. The Balaban J connectivity index is 2.37. The molecule has 0 aromatic carbocycles. The predicted octanol–water partition coefficient (Wildman–Crippen LogP) is -0.451. The third-order valence-electron chi connectivity index (χ3n) is 1.98. The van der Waals surface area contributed by atoms with Crippen LogP contribution in [0.4, 0.5) is 0 Å². The van der Waals surface area contributed by atoms with E-state index in [0.717, 1.165) is 0 Å². The highest BCUT2D eigenvalue weighted by Gasteiger charge is 2.27. The first-order chi connectivity index (χ1) is 7.16. The van der Waals surface area contributed by atoms with Crippen LogP contribution >= 0.6 is 0 Å². The van der Waals surface area contributed by atoms with Crippen LogP contribution in [-0.4, -0.2) is 23.5 Å². The van der Waals surface area contributed by atoms with E-state index in [2.05, 4.69) is 15.3 Å². The normalized spacial score (nSPS) is 25.9. The average Bonchev–Trinajstić information content (AvgIpc) is 2.16. The second kappa shape index (κ2) is 3.49. The van der Waals surface area contributed by atoms with Gasteiger partial charge in [-0.25, -0.2) is 4.99 Å². The molecule has 76 valence electrons. The van der Waals surface area contributed by atoms with Crippen LogP contribution in [0.2, 0.25) is 0 Å². The lowest BCUT2D eigenvalue weighted by Crippen LogP contribution is -2.43. The maximum Gasteiger partial charge on any atom is 0.239 e. The first-order valence-electron chi connectivity index (χ1n) is 4.34. The molecule has 1 unspecified atom stereocenters. The molecule has 0 saturated carbocycles. The Morgan fingerprint density at radius 1 is 1.60 bits per heavy atom. The van der Waals surface area contributed by atoms with Crippen molar-refractivity contribution >= 4 is 23.5 Å². The van der Waals surface area contributed by atoms with E-state index in [0.29, 0.717) is 5.71 Å². The van der Waals surface area contributed by atoms with Crippen molar-refractivity contribution in [3.8, 4) is 0 Å². The number of nitrogens with one attached hydrogen (secondary N) is 2. The Labute approximate surface area is 85.8 Å². The number of carbonyl (C=O) groups excluding carboxylic acids is 1. The molecule has 4 N–H and O–H groups in total. The molecule has 0 radical (unpaired) electrons. The largest absolute Gasteiger partial charge is 0.368 e. The van der Waals surface area contributed by atoms with Crippen LogP contribution in [-0.2, 0) is 4.79 Å². The molecule has 1 aliphatic heterocycles. The molecule has 15 heavy (non-hydrogen) atoms. The highest BCUT2D eigenvalue weighted by Crippen LogP contribution is 2.13. The monoisotopic (exact) mass is 203 g/mol. The molecule has 6 heteroatoms. The van der Waals surface area contributed by atoms with E-state index >= 15 is 0 Å². The van der Waals surface area contributed by atoms with Gasteiger partial charge >= 0.3 is 0 Å². The summed E-state index contributed by atoms with van der Waals surface area (Å²) in [5.74, 6) is -0.886. The lowest BCUT2D eigenvalue weighted by Gasteiger charge is -2.20. The molecule has 0 spiro atoms. The number of carbonyl (C=O) groups is 1. The number of amides is 1. The zero-order valence-corrected chi connectivity index (χ0v) is 7.77. The van der Waals surface area contributed by atoms with Gasteiger partial charge in [0.05, 0.1) is 11.6 Å². The molecule has 0 bridgehead atoms. The van der Waals surface area contributed by atoms with Crippen molar-refractivity contribution in [2.24, 2.45) is 21.6 Å². The van der Waals surface area contributed by atoms with Gasteiger partial charge < -0.3 is 5.73 Å². The fourth-order valence-electron chi connectivity index (χ4n) is 1.37. The minimum absolute atomic E-state index is 0.0682. The van der Waals surface area contributed by atoms with Gasteiger partial charge in [-0.2, -0.15) is 4.99 Å². The van der Waals surface area contributed by atoms with Crippen molar-refractivity contribution in [2.75, 3.05) is 0 Å². The number of guanidine groups is 2. The number of rotatable bonds is 0. The zero-order valence-electron chi connectivity index (χ0n) is 7.77. The molecule has 0 saturated heterocycles. The summed E-state index contributed by atoms with van der Waals surface area (Å²) < 4.78 is 0. The standard InChI is InChI=1S/C9H9N5O/c10-8(11)14-9-12-6-4-2-1-3-5(6)7(15)13-9/h1-5H,(H4,10,11,13,14,15). The van der Waals surface area contributed by atoms with E-state index in [1.54, 1.807) is 24.3 Å². The van der Waals surface area contributed by atoms with E-state index in [4.69, 9.17) is 11.1 Å². The quantitative estimate of drug-likeness (QED) is 0.366. The number of nitrogens with two attached hydrogens (primary N) is 1. The second-order valence-corrected chi connectivity index (χ2v) is 3.07. The van der Waals surface area contributed by atoms with Gasteiger partial charge in [0.25, 0.3) is 0 Å². The first-order valence-corrected chi connectivity index (χ1v) is 4.34. The molecule has 1 atom stereocenters. The fraction of sp³-hybridized carbons (Fsp3) is 0.111. The first kappa shape index (κ1) is 9.32. The van der Waals surface area contributed by atoms with Crippen LogP contribution in [0.25, 0.3) is 0 Å². The molecule has 1 aliphatic carbocycles. The average molecular weight is 203 g/mol. The SMILES string of the molecule is N=C(N)/N=C1/N=C2C=CC=CC2C(=O)N1. The Bertz CT molecular complexity index is 443. The summed E-state index contributed by atoms with van der Waals surface area (Å²) in [7, 11) is 0. The predicted molar refractivity (Wildman–Crippen MR) is 56.7 cm³/mol. The van der Waals surface area contributed by atoms with Crippen molar-refractivity contribution in [3.63, 3.8) is 0 Å². The van der Waals surface area contributed by atoms with Crippen LogP contribution in [0.15, 0.2) is 34.3 Å². The number of allylic oxidation sites excluding steroid dienone is 3. The van der Waals surface area contributed by atoms with Gasteiger partial charge in [-0.3, -0.25) is 15.5 Å². The molecule has 0 fully saturated rings. The van der Waals surface area contributed by atoms with Crippen LogP contribution in [0.3, 0.4) is 0 Å². The summed E-state index contributed by atoms with van der Waals surface area (Å²) in [6.07, 6.45) is 7.06. The van der Waals surface area contributed by atoms with E-state index < -0.39 is 0 Å². The third kappa shape index (κ3) is 1.83. The highest BCUT2D eigenvalue weighted by atomic mass is 16.2. The number of aliphatic imine (C=N–C) groups is 2. The molecule has 2 aliphatic rings. The van der Waals surface area contributed by atoms with E-state index in [1.807, 2.05) is 0 Å². The van der Waals surface area contributed by atoms with E-state index in [9.17, 15) is 4.79 Å². The van der Waals surface area contributed by atoms with Crippen LogP contribution in [0.5, 0.6) is 0 Å². The van der Waals surface area contributed by atoms with Crippen LogP contribution in [0, 0.1) is 11.3 Å². The van der Waals surface area contributed by atoms with Gasteiger partial charge in [-0.05, 0) is 6.08 Å². The molecule has 1 heterocycles. The maximum atomic E-state index is 11.6.